The number of methoxy groups -OCH3 is 1. The van der Waals surface area contributed by atoms with Gasteiger partial charge in [0.05, 0.1) is 19.8 Å². The second-order valence-electron chi connectivity index (χ2n) is 7.54. The summed E-state index contributed by atoms with van der Waals surface area (Å²) >= 11 is 0. The van der Waals surface area contributed by atoms with Gasteiger partial charge in [0.1, 0.15) is 0 Å². The molecule has 3 aromatic carbocycles. The monoisotopic (exact) mass is 403 g/mol. The maximum absolute atomic E-state index is 6.02. The standard InChI is InChI=1S/C25H25NO4/c1-27-22-14-19(7-8-21(22)28-12-10-17-5-3-2-4-6-17)25-20-15-24-23(29-16-30-24)13-18(20)9-11-26-25/h2-8,13-15,25-26H,9-12,16H2,1H3. The minimum atomic E-state index is 0.0792. The van der Waals surface area contributed by atoms with E-state index in [0.29, 0.717) is 13.4 Å². The van der Waals surface area contributed by atoms with E-state index in [0.717, 1.165) is 47.9 Å². The summed E-state index contributed by atoms with van der Waals surface area (Å²) in [5.41, 5.74) is 4.92. The van der Waals surface area contributed by atoms with Crippen molar-refractivity contribution in [1.82, 2.24) is 5.32 Å². The van der Waals surface area contributed by atoms with Gasteiger partial charge in [0.15, 0.2) is 23.0 Å². The van der Waals surface area contributed by atoms with Crippen LogP contribution in [-0.2, 0) is 12.8 Å². The Morgan fingerprint density at radius 3 is 2.63 bits per heavy atom. The largest absolute Gasteiger partial charge is 0.493 e. The molecule has 3 aromatic rings. The Bertz CT molecular complexity index is 1030. The Hall–Kier alpha value is -3.18. The van der Waals surface area contributed by atoms with Gasteiger partial charge in [0.25, 0.3) is 0 Å². The minimum absolute atomic E-state index is 0.0792. The predicted molar refractivity (Wildman–Crippen MR) is 115 cm³/mol. The Balaban J connectivity index is 1.36. The van der Waals surface area contributed by atoms with Crippen molar-refractivity contribution in [3.63, 3.8) is 0 Å². The fraction of sp³-hybridized carbons (Fsp3) is 0.280. The highest BCUT2D eigenvalue weighted by atomic mass is 16.7. The van der Waals surface area contributed by atoms with Gasteiger partial charge in [0.2, 0.25) is 6.79 Å². The second-order valence-corrected chi connectivity index (χ2v) is 7.54. The third kappa shape index (κ3) is 3.68. The van der Waals surface area contributed by atoms with Crippen LogP contribution in [0, 0.1) is 0 Å². The zero-order valence-electron chi connectivity index (χ0n) is 17.0. The number of hydrogen-bond donors (Lipinski definition) is 1. The van der Waals surface area contributed by atoms with Crippen LogP contribution in [-0.4, -0.2) is 27.1 Å². The molecule has 5 nitrogen and oxygen atoms in total. The molecule has 0 saturated carbocycles. The molecule has 0 aromatic heterocycles. The van der Waals surface area contributed by atoms with Crippen LogP contribution in [0.3, 0.4) is 0 Å². The van der Waals surface area contributed by atoms with Crippen LogP contribution in [0.2, 0.25) is 0 Å². The van der Waals surface area contributed by atoms with Gasteiger partial charge in [-0.25, -0.2) is 0 Å². The maximum atomic E-state index is 6.02. The summed E-state index contributed by atoms with van der Waals surface area (Å²) in [7, 11) is 1.68. The molecule has 5 heteroatoms. The lowest BCUT2D eigenvalue weighted by molar-refractivity contribution is 0.174. The lowest BCUT2D eigenvalue weighted by atomic mass is 9.89. The van der Waals surface area contributed by atoms with Crippen molar-refractivity contribution < 1.29 is 18.9 Å². The van der Waals surface area contributed by atoms with Crippen LogP contribution in [0.4, 0.5) is 0 Å². The van der Waals surface area contributed by atoms with Crippen molar-refractivity contribution in [3.8, 4) is 23.0 Å². The molecule has 0 bridgehead atoms. The third-order valence-electron chi connectivity index (χ3n) is 5.70. The first-order valence-corrected chi connectivity index (χ1v) is 10.3. The van der Waals surface area contributed by atoms with E-state index in [1.807, 2.05) is 24.3 Å². The molecule has 0 saturated heterocycles. The van der Waals surface area contributed by atoms with Crippen molar-refractivity contribution >= 4 is 0 Å². The van der Waals surface area contributed by atoms with Gasteiger partial charge in [-0.15, -0.1) is 0 Å². The predicted octanol–water partition coefficient (Wildman–Crippen LogP) is 4.28. The number of hydrogen-bond acceptors (Lipinski definition) is 5. The van der Waals surface area contributed by atoms with E-state index in [4.69, 9.17) is 18.9 Å². The fourth-order valence-electron chi connectivity index (χ4n) is 4.15. The number of ether oxygens (including phenoxy) is 4. The summed E-state index contributed by atoms with van der Waals surface area (Å²) in [6.07, 6.45) is 1.83. The maximum Gasteiger partial charge on any atom is 0.231 e. The quantitative estimate of drug-likeness (QED) is 0.666. The van der Waals surface area contributed by atoms with E-state index in [1.54, 1.807) is 7.11 Å². The summed E-state index contributed by atoms with van der Waals surface area (Å²) in [6, 6.07) is 20.8. The zero-order chi connectivity index (χ0) is 20.3. The molecule has 154 valence electrons. The molecular weight excluding hydrogens is 378 g/mol. The van der Waals surface area contributed by atoms with Gasteiger partial charge in [0, 0.05) is 13.0 Å². The molecule has 5 rings (SSSR count). The van der Waals surface area contributed by atoms with Gasteiger partial charge >= 0.3 is 0 Å². The second kappa shape index (κ2) is 8.28. The molecule has 30 heavy (non-hydrogen) atoms. The van der Waals surface area contributed by atoms with Crippen LogP contribution < -0.4 is 24.3 Å². The number of rotatable bonds is 6. The van der Waals surface area contributed by atoms with Gasteiger partial charge in [-0.1, -0.05) is 36.4 Å². The topological polar surface area (TPSA) is 49.0 Å². The van der Waals surface area contributed by atoms with Gasteiger partial charge in [-0.2, -0.15) is 0 Å². The van der Waals surface area contributed by atoms with Crippen molar-refractivity contribution in [2.45, 2.75) is 18.9 Å². The first-order chi connectivity index (χ1) is 14.8. The molecule has 0 fully saturated rings. The molecule has 0 spiro atoms. The highest BCUT2D eigenvalue weighted by molar-refractivity contribution is 5.54. The van der Waals surface area contributed by atoms with Crippen molar-refractivity contribution in [3.05, 3.63) is 82.9 Å². The van der Waals surface area contributed by atoms with Gasteiger partial charge in [-0.05, 0) is 52.9 Å². The molecule has 1 N–H and O–H groups in total. The van der Waals surface area contributed by atoms with Crippen molar-refractivity contribution in [2.75, 3.05) is 27.1 Å². The summed E-state index contributed by atoms with van der Waals surface area (Å²) in [5.74, 6) is 3.17. The average Bonchev–Trinajstić information content (AvgIpc) is 3.25. The summed E-state index contributed by atoms with van der Waals surface area (Å²) in [4.78, 5) is 0. The molecule has 2 aliphatic rings. The first kappa shape index (κ1) is 18.8. The number of fused-ring (bicyclic) bond motifs is 2. The SMILES string of the molecule is COc1cc(C2NCCc3cc4c(cc32)OCO4)ccc1OCCc1ccccc1. The first-order valence-electron chi connectivity index (χ1n) is 10.3. The Morgan fingerprint density at radius 2 is 1.80 bits per heavy atom. The van der Waals surface area contributed by atoms with E-state index in [2.05, 4.69) is 41.7 Å². The summed E-state index contributed by atoms with van der Waals surface area (Å²) < 4.78 is 22.8. The van der Waals surface area contributed by atoms with Crippen LogP contribution in [0.25, 0.3) is 0 Å². The van der Waals surface area contributed by atoms with E-state index >= 15 is 0 Å². The highest BCUT2D eigenvalue weighted by Gasteiger charge is 2.26. The number of nitrogens with one attached hydrogen (secondary N) is 1. The zero-order valence-corrected chi connectivity index (χ0v) is 17.0. The van der Waals surface area contributed by atoms with E-state index in [-0.39, 0.29) is 6.04 Å². The molecular formula is C25H25NO4. The van der Waals surface area contributed by atoms with Crippen LogP contribution in [0.15, 0.2) is 60.7 Å². The van der Waals surface area contributed by atoms with E-state index in [1.165, 1.54) is 16.7 Å². The van der Waals surface area contributed by atoms with Crippen LogP contribution in [0.5, 0.6) is 23.0 Å². The third-order valence-corrected chi connectivity index (χ3v) is 5.70. The molecule has 1 atom stereocenters. The minimum Gasteiger partial charge on any atom is -0.493 e. The molecule has 0 aliphatic carbocycles. The molecule has 0 radical (unpaired) electrons. The summed E-state index contributed by atoms with van der Waals surface area (Å²) in [5, 5.41) is 3.63. The Kier molecular flexibility index (Phi) is 5.20. The fourth-order valence-corrected chi connectivity index (χ4v) is 4.15. The number of benzene rings is 3. The van der Waals surface area contributed by atoms with E-state index in [9.17, 15) is 0 Å². The lowest BCUT2D eigenvalue weighted by Gasteiger charge is -2.28. The van der Waals surface area contributed by atoms with Crippen molar-refractivity contribution in [1.29, 1.82) is 0 Å². The van der Waals surface area contributed by atoms with Gasteiger partial charge in [-0.3, -0.25) is 0 Å². The smallest absolute Gasteiger partial charge is 0.231 e. The van der Waals surface area contributed by atoms with Crippen molar-refractivity contribution in [2.24, 2.45) is 0 Å². The Labute approximate surface area is 176 Å². The Morgan fingerprint density at radius 1 is 0.967 bits per heavy atom. The highest BCUT2D eigenvalue weighted by Crippen LogP contribution is 2.41. The molecule has 0 amide bonds. The average molecular weight is 403 g/mol. The van der Waals surface area contributed by atoms with Gasteiger partial charge < -0.3 is 24.3 Å². The van der Waals surface area contributed by atoms with E-state index < -0.39 is 0 Å². The van der Waals surface area contributed by atoms with Crippen LogP contribution >= 0.6 is 0 Å². The molecule has 1 unspecified atom stereocenters. The lowest BCUT2D eigenvalue weighted by Crippen LogP contribution is -2.30. The van der Waals surface area contributed by atoms with Crippen LogP contribution in [0.1, 0.15) is 28.3 Å². The molecule has 2 heterocycles. The normalized spacial score (nSPS) is 16.8. The molecule has 2 aliphatic heterocycles. The summed E-state index contributed by atoms with van der Waals surface area (Å²) in [6.45, 7) is 1.81.